The Bertz CT molecular complexity index is 360. The molecule has 7 nitrogen and oxygen atoms in total. The number of nitrogen functional groups attached to an aromatic ring is 1. The summed E-state index contributed by atoms with van der Waals surface area (Å²) >= 11 is 0. The van der Waals surface area contributed by atoms with Crippen molar-refractivity contribution < 1.29 is 20.1 Å². The molecule has 7 heteroatoms. The molecule has 17 heavy (non-hydrogen) atoms. The first-order valence-electron chi connectivity index (χ1n) is 5.02. The molecule has 0 bridgehead atoms. The molecule has 0 aliphatic heterocycles. The molecule has 0 saturated carbocycles. The van der Waals surface area contributed by atoms with E-state index in [0.717, 1.165) is 0 Å². The number of nitrogens with two attached hydrogens (primary N) is 1. The molecule has 0 unspecified atom stereocenters. The quantitative estimate of drug-likeness (QED) is 0.425. The van der Waals surface area contributed by atoms with Crippen molar-refractivity contribution in [1.82, 2.24) is 4.98 Å². The van der Waals surface area contributed by atoms with Crippen molar-refractivity contribution in [3.8, 4) is 5.88 Å². The van der Waals surface area contributed by atoms with Gasteiger partial charge >= 0.3 is 0 Å². The number of hydrogen-bond acceptors (Lipinski definition) is 7. The Morgan fingerprint density at radius 1 is 1.29 bits per heavy atom. The molecule has 1 aromatic heterocycles. The average Bonchev–Trinajstić information content (AvgIpc) is 2.38. The number of nitrogens with zero attached hydrogens (tertiary/aromatic N) is 1. The van der Waals surface area contributed by atoms with Gasteiger partial charge in [0.15, 0.2) is 5.82 Å². The number of rotatable bonds is 6. The fourth-order valence-corrected chi connectivity index (χ4v) is 1.19. The molecule has 0 spiro atoms. The van der Waals surface area contributed by atoms with Crippen LogP contribution in [0.15, 0.2) is 12.1 Å². The van der Waals surface area contributed by atoms with Crippen LogP contribution in [0.5, 0.6) is 5.88 Å². The van der Waals surface area contributed by atoms with Gasteiger partial charge in [0.25, 0.3) is 0 Å². The first-order chi connectivity index (χ1) is 8.10. The summed E-state index contributed by atoms with van der Waals surface area (Å²) in [6, 6.07) is 3.16. The minimum absolute atomic E-state index is 0.238. The second kappa shape index (κ2) is 5.67. The zero-order valence-electron chi connectivity index (χ0n) is 9.55. The highest BCUT2D eigenvalue weighted by Gasteiger charge is 2.29. The van der Waals surface area contributed by atoms with Gasteiger partial charge in [0.05, 0.1) is 32.6 Å². The van der Waals surface area contributed by atoms with Crippen LogP contribution in [0.2, 0.25) is 0 Å². The summed E-state index contributed by atoms with van der Waals surface area (Å²) in [5.74, 6) is 0.575. The van der Waals surface area contributed by atoms with Crippen molar-refractivity contribution in [2.24, 2.45) is 0 Å². The summed E-state index contributed by atoms with van der Waals surface area (Å²) < 4.78 is 4.93. The maximum absolute atomic E-state index is 9.17. The molecule has 1 aromatic rings. The van der Waals surface area contributed by atoms with E-state index in [1.165, 1.54) is 7.11 Å². The van der Waals surface area contributed by atoms with Gasteiger partial charge in [-0.2, -0.15) is 4.98 Å². The number of pyridine rings is 1. The Morgan fingerprint density at radius 2 is 1.88 bits per heavy atom. The summed E-state index contributed by atoms with van der Waals surface area (Å²) in [6.45, 7) is -1.38. The van der Waals surface area contributed by atoms with Crippen LogP contribution >= 0.6 is 0 Å². The SMILES string of the molecule is COc1ccc(N)c(NC(CO)(CO)CO)n1. The van der Waals surface area contributed by atoms with Gasteiger partial charge in [0.2, 0.25) is 5.88 Å². The van der Waals surface area contributed by atoms with Crippen LogP contribution in [-0.2, 0) is 0 Å². The highest BCUT2D eigenvalue weighted by molar-refractivity contribution is 5.63. The summed E-state index contributed by atoms with van der Waals surface area (Å²) in [7, 11) is 1.46. The van der Waals surface area contributed by atoms with E-state index < -0.39 is 25.4 Å². The summed E-state index contributed by atoms with van der Waals surface area (Å²) in [5, 5.41) is 30.2. The van der Waals surface area contributed by atoms with E-state index in [1.54, 1.807) is 12.1 Å². The third-order valence-electron chi connectivity index (χ3n) is 2.40. The Balaban J connectivity index is 2.99. The standard InChI is InChI=1S/C10H17N3O4/c1-17-8-3-2-7(11)9(12-8)13-10(4-14,5-15)6-16/h2-3,14-16H,4-6,11H2,1H3,(H,12,13). The van der Waals surface area contributed by atoms with Gasteiger partial charge in [-0.25, -0.2) is 0 Å². The van der Waals surface area contributed by atoms with E-state index >= 15 is 0 Å². The van der Waals surface area contributed by atoms with Gasteiger partial charge in [-0.1, -0.05) is 0 Å². The highest BCUT2D eigenvalue weighted by Crippen LogP contribution is 2.22. The maximum atomic E-state index is 9.17. The van der Waals surface area contributed by atoms with Crippen LogP contribution in [0.3, 0.4) is 0 Å². The number of nitrogens with one attached hydrogen (secondary N) is 1. The van der Waals surface area contributed by atoms with Gasteiger partial charge in [0.1, 0.15) is 5.54 Å². The Labute approximate surface area is 98.9 Å². The van der Waals surface area contributed by atoms with Crippen LogP contribution in [0, 0.1) is 0 Å². The fraction of sp³-hybridized carbons (Fsp3) is 0.500. The van der Waals surface area contributed by atoms with Crippen molar-refractivity contribution >= 4 is 11.5 Å². The van der Waals surface area contributed by atoms with Crippen LogP contribution in [-0.4, -0.2) is 52.8 Å². The predicted molar refractivity (Wildman–Crippen MR) is 62.8 cm³/mol. The number of aromatic nitrogens is 1. The molecular formula is C10H17N3O4. The number of hydrogen-bond donors (Lipinski definition) is 5. The Morgan fingerprint density at radius 3 is 2.35 bits per heavy atom. The van der Waals surface area contributed by atoms with Crippen molar-refractivity contribution in [3.63, 3.8) is 0 Å². The molecule has 0 fully saturated rings. The molecule has 0 aromatic carbocycles. The van der Waals surface area contributed by atoms with Gasteiger partial charge in [-0.3, -0.25) is 0 Å². The van der Waals surface area contributed by atoms with Crippen molar-refractivity contribution in [1.29, 1.82) is 0 Å². The van der Waals surface area contributed by atoms with Crippen molar-refractivity contribution in [2.75, 3.05) is 38.0 Å². The molecule has 6 N–H and O–H groups in total. The monoisotopic (exact) mass is 243 g/mol. The molecule has 96 valence electrons. The lowest BCUT2D eigenvalue weighted by atomic mass is 10.0. The zero-order chi connectivity index (χ0) is 12.9. The van der Waals surface area contributed by atoms with E-state index in [1.807, 2.05) is 0 Å². The molecule has 1 rings (SSSR count). The highest BCUT2D eigenvalue weighted by atomic mass is 16.5. The van der Waals surface area contributed by atoms with E-state index in [2.05, 4.69) is 10.3 Å². The van der Waals surface area contributed by atoms with Crippen LogP contribution in [0.4, 0.5) is 11.5 Å². The summed E-state index contributed by atoms with van der Waals surface area (Å²) in [5.41, 5.74) is 4.74. The van der Waals surface area contributed by atoms with Crippen LogP contribution in [0.25, 0.3) is 0 Å². The van der Waals surface area contributed by atoms with Crippen LogP contribution in [0.1, 0.15) is 0 Å². The fourth-order valence-electron chi connectivity index (χ4n) is 1.19. The van der Waals surface area contributed by atoms with Gasteiger partial charge < -0.3 is 31.1 Å². The second-order valence-electron chi connectivity index (χ2n) is 3.67. The second-order valence-corrected chi connectivity index (χ2v) is 3.67. The van der Waals surface area contributed by atoms with Crippen molar-refractivity contribution in [3.05, 3.63) is 12.1 Å². The van der Waals surface area contributed by atoms with E-state index in [0.29, 0.717) is 11.6 Å². The minimum Gasteiger partial charge on any atom is -0.481 e. The molecule has 0 atom stereocenters. The molecule has 0 radical (unpaired) electrons. The minimum atomic E-state index is -1.27. The predicted octanol–water partition coefficient (Wildman–Crippen LogP) is -1.20. The largest absolute Gasteiger partial charge is 0.481 e. The summed E-state index contributed by atoms with van der Waals surface area (Å²) in [4.78, 5) is 4.03. The molecule has 0 saturated heterocycles. The maximum Gasteiger partial charge on any atom is 0.215 e. The average molecular weight is 243 g/mol. The lowest BCUT2D eigenvalue weighted by Gasteiger charge is -2.29. The number of aliphatic hydroxyl groups excluding tert-OH is 3. The molecule has 1 heterocycles. The lowest BCUT2D eigenvalue weighted by molar-refractivity contribution is 0.0831. The van der Waals surface area contributed by atoms with Gasteiger partial charge in [-0.05, 0) is 6.07 Å². The number of aliphatic hydroxyl groups is 3. The van der Waals surface area contributed by atoms with Gasteiger partial charge in [0, 0.05) is 6.07 Å². The lowest BCUT2D eigenvalue weighted by Crippen LogP contribution is -2.49. The summed E-state index contributed by atoms with van der Waals surface area (Å²) in [6.07, 6.45) is 0. The molecule has 0 aliphatic carbocycles. The first-order valence-corrected chi connectivity index (χ1v) is 5.02. The molecular weight excluding hydrogens is 226 g/mol. The van der Waals surface area contributed by atoms with Crippen LogP contribution < -0.4 is 15.8 Å². The molecule has 0 aliphatic rings. The van der Waals surface area contributed by atoms with Crippen molar-refractivity contribution in [2.45, 2.75) is 5.54 Å². The third kappa shape index (κ3) is 2.96. The van der Waals surface area contributed by atoms with E-state index in [4.69, 9.17) is 10.5 Å². The first kappa shape index (κ1) is 13.5. The smallest absolute Gasteiger partial charge is 0.215 e. The number of ether oxygens (including phenoxy) is 1. The van der Waals surface area contributed by atoms with Gasteiger partial charge in [-0.15, -0.1) is 0 Å². The Hall–Kier alpha value is -1.57. The number of methoxy groups -OCH3 is 1. The topological polar surface area (TPSA) is 121 Å². The number of anilines is 2. The third-order valence-corrected chi connectivity index (χ3v) is 2.40. The zero-order valence-corrected chi connectivity index (χ0v) is 9.55. The Kier molecular flexibility index (Phi) is 4.50. The van der Waals surface area contributed by atoms with E-state index in [-0.39, 0.29) is 5.82 Å². The van der Waals surface area contributed by atoms with E-state index in [9.17, 15) is 15.3 Å². The normalized spacial score (nSPS) is 11.3. The molecule has 0 amide bonds.